The van der Waals surface area contributed by atoms with Crippen LogP contribution in [0.3, 0.4) is 0 Å². The molecular formula is C21H23Cl2N5O2S. The van der Waals surface area contributed by atoms with Crippen LogP contribution in [-0.2, 0) is 13.0 Å². The standard InChI is InChI=1S/C21H22ClN5O2S.ClH/c22-12-4-5-13-11(8-12)9-17(24-13)19(28)25-14-2-1-3-15(14)26-20(29)21-27-16-6-7-23-10-18(16)30-21;/h4-5,8-9,14-15,23-24H,1-3,6-7,10H2,(H,25,28)(H,26,29);1H/t14-,15-;/m1./s1. The lowest BCUT2D eigenvalue weighted by atomic mass is 10.1. The Bertz CT molecular complexity index is 1100. The third-order valence-electron chi connectivity index (χ3n) is 5.77. The highest BCUT2D eigenvalue weighted by Crippen LogP contribution is 2.25. The van der Waals surface area contributed by atoms with Crippen molar-refractivity contribution in [2.75, 3.05) is 6.54 Å². The van der Waals surface area contributed by atoms with Gasteiger partial charge in [0.05, 0.1) is 5.69 Å². The van der Waals surface area contributed by atoms with Gasteiger partial charge >= 0.3 is 0 Å². The third-order valence-corrected chi connectivity index (χ3v) is 7.10. The van der Waals surface area contributed by atoms with Crippen molar-refractivity contribution in [1.82, 2.24) is 25.9 Å². The summed E-state index contributed by atoms with van der Waals surface area (Å²) in [5.41, 5.74) is 2.38. The van der Waals surface area contributed by atoms with E-state index in [1.807, 2.05) is 12.1 Å². The van der Waals surface area contributed by atoms with Gasteiger partial charge in [0.2, 0.25) is 0 Å². The first-order valence-electron chi connectivity index (χ1n) is 10.2. The number of hydrogen-bond acceptors (Lipinski definition) is 5. The molecule has 2 atom stereocenters. The number of rotatable bonds is 4. The van der Waals surface area contributed by atoms with Crippen molar-refractivity contribution in [3.05, 3.63) is 50.6 Å². The van der Waals surface area contributed by atoms with E-state index in [1.54, 1.807) is 12.1 Å². The molecule has 2 aliphatic rings. The third kappa shape index (κ3) is 4.57. The van der Waals surface area contributed by atoms with Crippen LogP contribution in [0.2, 0.25) is 5.02 Å². The van der Waals surface area contributed by atoms with Crippen LogP contribution in [0.5, 0.6) is 0 Å². The molecule has 1 saturated carbocycles. The number of aromatic amines is 1. The van der Waals surface area contributed by atoms with Gasteiger partial charge in [0.1, 0.15) is 5.69 Å². The monoisotopic (exact) mass is 479 g/mol. The Kier molecular flexibility index (Phi) is 6.52. The second kappa shape index (κ2) is 9.16. The number of nitrogens with one attached hydrogen (secondary N) is 4. The van der Waals surface area contributed by atoms with Crippen LogP contribution in [0.4, 0.5) is 0 Å². The summed E-state index contributed by atoms with van der Waals surface area (Å²) in [4.78, 5) is 34.3. The lowest BCUT2D eigenvalue weighted by Crippen LogP contribution is -2.48. The van der Waals surface area contributed by atoms with Gasteiger partial charge in [-0.25, -0.2) is 4.98 Å². The number of benzene rings is 1. The maximum absolute atomic E-state index is 12.8. The van der Waals surface area contributed by atoms with Gasteiger partial charge in [-0.3, -0.25) is 9.59 Å². The second-order valence-corrected chi connectivity index (χ2v) is 9.34. The highest BCUT2D eigenvalue weighted by Gasteiger charge is 2.31. The summed E-state index contributed by atoms with van der Waals surface area (Å²) in [5, 5.41) is 11.5. The molecule has 0 unspecified atom stereocenters. The Morgan fingerprint density at radius 3 is 2.68 bits per heavy atom. The molecule has 3 heterocycles. The van der Waals surface area contributed by atoms with Gasteiger partial charge in [-0.1, -0.05) is 11.6 Å². The molecule has 0 spiro atoms. The lowest BCUT2D eigenvalue weighted by molar-refractivity contribution is 0.0889. The largest absolute Gasteiger partial charge is 0.351 e. The summed E-state index contributed by atoms with van der Waals surface area (Å²) < 4.78 is 0. The average Bonchev–Trinajstić information content (AvgIpc) is 3.45. The molecule has 1 fully saturated rings. The number of nitrogens with zero attached hydrogens (tertiary/aromatic N) is 1. The molecule has 1 aliphatic carbocycles. The van der Waals surface area contributed by atoms with E-state index in [9.17, 15) is 9.59 Å². The number of H-pyrrole nitrogens is 1. The Balaban J connectivity index is 0.00000231. The van der Waals surface area contributed by atoms with Gasteiger partial charge < -0.3 is 20.9 Å². The summed E-state index contributed by atoms with van der Waals surface area (Å²) in [6.07, 6.45) is 3.49. The molecule has 1 aromatic carbocycles. The van der Waals surface area contributed by atoms with Crippen LogP contribution in [0.1, 0.15) is 50.1 Å². The summed E-state index contributed by atoms with van der Waals surface area (Å²) >= 11 is 7.49. The minimum atomic E-state index is -0.177. The Morgan fingerprint density at radius 1 is 1.13 bits per heavy atom. The first-order chi connectivity index (χ1) is 14.6. The molecule has 3 aromatic rings. The number of carbonyl (C=O) groups is 2. The van der Waals surface area contributed by atoms with Crippen molar-refractivity contribution in [3.8, 4) is 0 Å². The van der Waals surface area contributed by atoms with Crippen LogP contribution >= 0.6 is 35.3 Å². The maximum Gasteiger partial charge on any atom is 0.280 e. The van der Waals surface area contributed by atoms with E-state index in [2.05, 4.69) is 25.9 Å². The predicted molar refractivity (Wildman–Crippen MR) is 124 cm³/mol. The van der Waals surface area contributed by atoms with Gasteiger partial charge in [-0.2, -0.15) is 0 Å². The Hall–Kier alpha value is -2.13. The number of halogens is 2. The van der Waals surface area contributed by atoms with Gasteiger partial charge in [0, 0.05) is 52.4 Å². The molecule has 2 amide bonds. The lowest BCUT2D eigenvalue weighted by Gasteiger charge is -2.21. The van der Waals surface area contributed by atoms with E-state index >= 15 is 0 Å². The van der Waals surface area contributed by atoms with Crippen LogP contribution in [0.25, 0.3) is 10.9 Å². The zero-order valence-electron chi connectivity index (χ0n) is 16.7. The highest BCUT2D eigenvalue weighted by atomic mass is 35.5. The van der Waals surface area contributed by atoms with Crippen molar-refractivity contribution < 1.29 is 9.59 Å². The Labute approximate surface area is 194 Å². The molecule has 7 nitrogen and oxygen atoms in total. The van der Waals surface area contributed by atoms with E-state index < -0.39 is 0 Å². The number of carbonyl (C=O) groups excluding carboxylic acids is 2. The fraction of sp³-hybridized carbons (Fsp3) is 0.381. The maximum atomic E-state index is 12.8. The van der Waals surface area contributed by atoms with Gasteiger partial charge in [-0.05, 0) is 43.5 Å². The fourth-order valence-electron chi connectivity index (χ4n) is 4.23. The first-order valence-corrected chi connectivity index (χ1v) is 11.4. The fourth-order valence-corrected chi connectivity index (χ4v) is 5.39. The van der Waals surface area contributed by atoms with E-state index in [0.29, 0.717) is 15.7 Å². The number of thiazole rings is 1. The normalized spacial score (nSPS) is 20.2. The molecule has 5 rings (SSSR count). The van der Waals surface area contributed by atoms with E-state index in [0.717, 1.165) is 60.2 Å². The van der Waals surface area contributed by atoms with E-state index in [1.165, 1.54) is 11.3 Å². The molecule has 1 aliphatic heterocycles. The zero-order chi connectivity index (χ0) is 20.7. The van der Waals surface area contributed by atoms with Crippen LogP contribution in [-0.4, -0.2) is 40.4 Å². The number of amides is 2. The molecule has 0 radical (unpaired) electrons. The number of hydrogen-bond donors (Lipinski definition) is 4. The van der Waals surface area contributed by atoms with E-state index in [-0.39, 0.29) is 36.3 Å². The number of aromatic nitrogens is 2. The highest BCUT2D eigenvalue weighted by molar-refractivity contribution is 7.13. The molecule has 0 bridgehead atoms. The molecular weight excluding hydrogens is 457 g/mol. The number of fused-ring (bicyclic) bond motifs is 2. The van der Waals surface area contributed by atoms with Crippen molar-refractivity contribution >= 4 is 58.1 Å². The van der Waals surface area contributed by atoms with Crippen LogP contribution < -0.4 is 16.0 Å². The van der Waals surface area contributed by atoms with Crippen LogP contribution in [0.15, 0.2) is 24.3 Å². The molecule has 31 heavy (non-hydrogen) atoms. The molecule has 2 aromatic heterocycles. The van der Waals surface area contributed by atoms with E-state index in [4.69, 9.17) is 11.6 Å². The minimum absolute atomic E-state index is 0. The summed E-state index contributed by atoms with van der Waals surface area (Å²) in [7, 11) is 0. The topological polar surface area (TPSA) is 98.9 Å². The van der Waals surface area contributed by atoms with Crippen molar-refractivity contribution in [2.45, 2.75) is 44.3 Å². The summed E-state index contributed by atoms with van der Waals surface area (Å²) in [6.45, 7) is 1.67. The molecule has 10 heteroatoms. The van der Waals surface area contributed by atoms with Gasteiger partial charge in [0.15, 0.2) is 5.01 Å². The Morgan fingerprint density at radius 2 is 1.90 bits per heavy atom. The van der Waals surface area contributed by atoms with Gasteiger partial charge in [0.25, 0.3) is 11.8 Å². The van der Waals surface area contributed by atoms with Crippen molar-refractivity contribution in [3.63, 3.8) is 0 Å². The first kappa shape index (κ1) is 22.1. The zero-order valence-corrected chi connectivity index (χ0v) is 19.1. The second-order valence-electron chi connectivity index (χ2n) is 7.82. The van der Waals surface area contributed by atoms with Gasteiger partial charge in [-0.15, -0.1) is 23.7 Å². The predicted octanol–water partition coefficient (Wildman–Crippen LogP) is 3.43. The molecule has 4 N–H and O–H groups in total. The molecule has 0 saturated heterocycles. The van der Waals surface area contributed by atoms with Crippen molar-refractivity contribution in [2.24, 2.45) is 0 Å². The quantitative estimate of drug-likeness (QED) is 0.460. The molecule has 164 valence electrons. The van der Waals surface area contributed by atoms with Crippen molar-refractivity contribution in [1.29, 1.82) is 0 Å². The van der Waals surface area contributed by atoms with Crippen LogP contribution in [0, 0.1) is 0 Å². The smallest absolute Gasteiger partial charge is 0.280 e. The minimum Gasteiger partial charge on any atom is -0.351 e. The average molecular weight is 480 g/mol. The summed E-state index contributed by atoms with van der Waals surface area (Å²) in [6, 6.07) is 7.07. The SMILES string of the molecule is Cl.O=C(N[C@@H]1CCC[C@H]1NC(=O)c1nc2c(s1)CNCC2)c1cc2cc(Cl)ccc2[nH]1. The summed E-state index contributed by atoms with van der Waals surface area (Å²) in [5.74, 6) is -0.329.